The van der Waals surface area contributed by atoms with Crippen LogP contribution in [0, 0.1) is 15.9 Å². The van der Waals surface area contributed by atoms with E-state index in [0.717, 1.165) is 11.6 Å². The van der Waals surface area contributed by atoms with Crippen LogP contribution in [0.25, 0.3) is 0 Å². The molecule has 0 aliphatic heterocycles. The zero-order valence-electron chi connectivity index (χ0n) is 11.4. The summed E-state index contributed by atoms with van der Waals surface area (Å²) in [5.74, 6) is -0.455. The Hall–Kier alpha value is -2.63. The van der Waals surface area contributed by atoms with Crippen molar-refractivity contribution in [1.29, 1.82) is 0 Å². The molecule has 110 valence electrons. The molecule has 1 atom stereocenters. The molecule has 2 rings (SSSR count). The summed E-state index contributed by atoms with van der Waals surface area (Å²) in [7, 11) is 0. The molecule has 0 amide bonds. The van der Waals surface area contributed by atoms with Gasteiger partial charge in [-0.15, -0.1) is 0 Å². The molecule has 0 spiro atoms. The third-order valence-electron chi connectivity index (χ3n) is 2.98. The van der Waals surface area contributed by atoms with Gasteiger partial charge in [-0.25, -0.2) is 4.39 Å². The first-order valence-electron chi connectivity index (χ1n) is 6.43. The molecule has 6 heteroatoms. The van der Waals surface area contributed by atoms with E-state index in [1.807, 2.05) is 6.92 Å². The zero-order chi connectivity index (χ0) is 15.4. The molecule has 2 aromatic rings. The second-order valence-electron chi connectivity index (χ2n) is 4.87. The molecule has 0 fully saturated rings. The second-order valence-corrected chi connectivity index (χ2v) is 4.87. The first kappa shape index (κ1) is 14.8. The van der Waals surface area contributed by atoms with Crippen LogP contribution in [0.5, 0.6) is 5.75 Å². The molecule has 0 aliphatic carbocycles. The highest BCUT2D eigenvalue weighted by Crippen LogP contribution is 2.21. The molecule has 0 aromatic heterocycles. The molecule has 0 radical (unpaired) electrons. The van der Waals surface area contributed by atoms with Gasteiger partial charge >= 0.3 is 0 Å². The quantitative estimate of drug-likeness (QED) is 0.653. The normalized spacial score (nSPS) is 11.9. The minimum Gasteiger partial charge on any atom is -0.508 e. The first-order valence-corrected chi connectivity index (χ1v) is 6.43. The zero-order valence-corrected chi connectivity index (χ0v) is 11.4. The number of nitrogens with one attached hydrogen (secondary N) is 1. The van der Waals surface area contributed by atoms with Gasteiger partial charge in [0.05, 0.1) is 11.0 Å². The number of phenols is 1. The van der Waals surface area contributed by atoms with Gasteiger partial charge < -0.3 is 10.4 Å². The van der Waals surface area contributed by atoms with Gasteiger partial charge in [0.25, 0.3) is 5.69 Å². The molecule has 0 saturated carbocycles. The number of non-ortho nitro benzene ring substituents is 1. The fourth-order valence-corrected chi connectivity index (χ4v) is 2.08. The fourth-order valence-electron chi connectivity index (χ4n) is 2.08. The van der Waals surface area contributed by atoms with E-state index in [4.69, 9.17) is 0 Å². The Morgan fingerprint density at radius 3 is 2.57 bits per heavy atom. The van der Waals surface area contributed by atoms with Crippen LogP contribution in [-0.2, 0) is 6.42 Å². The number of nitrogens with zero attached hydrogens (tertiary/aromatic N) is 1. The topological polar surface area (TPSA) is 75.4 Å². The van der Waals surface area contributed by atoms with Gasteiger partial charge in [0.2, 0.25) is 0 Å². The molecular weight excluding hydrogens is 275 g/mol. The van der Waals surface area contributed by atoms with Gasteiger partial charge in [-0.1, -0.05) is 12.1 Å². The summed E-state index contributed by atoms with van der Waals surface area (Å²) < 4.78 is 13.3. The van der Waals surface area contributed by atoms with Gasteiger partial charge in [-0.2, -0.15) is 0 Å². The molecule has 0 bridgehead atoms. The van der Waals surface area contributed by atoms with Crippen molar-refractivity contribution in [2.75, 3.05) is 5.32 Å². The molecular formula is C15H15FN2O3. The van der Waals surface area contributed by atoms with E-state index in [9.17, 15) is 19.6 Å². The molecule has 2 N–H and O–H groups in total. The van der Waals surface area contributed by atoms with Crippen molar-refractivity contribution in [3.63, 3.8) is 0 Å². The SMILES string of the molecule is CC(Cc1ccc(O)cc1)Nc1cc(F)cc([N+](=O)[O-])c1. The molecule has 0 saturated heterocycles. The highest BCUT2D eigenvalue weighted by atomic mass is 19.1. The highest BCUT2D eigenvalue weighted by Gasteiger charge is 2.11. The summed E-state index contributed by atoms with van der Waals surface area (Å²) in [5.41, 5.74) is 1.08. The van der Waals surface area contributed by atoms with Crippen molar-refractivity contribution in [2.24, 2.45) is 0 Å². The summed E-state index contributed by atoms with van der Waals surface area (Å²) in [6.45, 7) is 1.89. The van der Waals surface area contributed by atoms with Crippen molar-refractivity contribution < 1.29 is 14.4 Å². The van der Waals surface area contributed by atoms with Gasteiger partial charge in [-0.05, 0) is 37.1 Å². The van der Waals surface area contributed by atoms with Crippen LogP contribution in [0.15, 0.2) is 42.5 Å². The number of hydrogen-bond acceptors (Lipinski definition) is 4. The van der Waals surface area contributed by atoms with Gasteiger partial charge in [-0.3, -0.25) is 10.1 Å². The van der Waals surface area contributed by atoms with Gasteiger partial charge in [0, 0.05) is 17.8 Å². The fraction of sp³-hybridized carbons (Fsp3) is 0.200. The molecule has 1 unspecified atom stereocenters. The number of phenolic OH excluding ortho intramolecular Hbond substituents is 1. The summed E-state index contributed by atoms with van der Waals surface area (Å²) >= 11 is 0. The van der Waals surface area contributed by atoms with Crippen molar-refractivity contribution in [3.8, 4) is 5.75 Å². The predicted molar refractivity (Wildman–Crippen MR) is 77.9 cm³/mol. The van der Waals surface area contributed by atoms with Crippen LogP contribution in [-0.4, -0.2) is 16.1 Å². The van der Waals surface area contributed by atoms with Crippen molar-refractivity contribution >= 4 is 11.4 Å². The number of halogens is 1. The summed E-state index contributed by atoms with van der Waals surface area (Å²) in [5, 5.41) is 23.0. The van der Waals surface area contributed by atoms with Crippen LogP contribution in [0.3, 0.4) is 0 Å². The van der Waals surface area contributed by atoms with E-state index in [-0.39, 0.29) is 17.5 Å². The maximum Gasteiger partial charge on any atom is 0.274 e. The maximum absolute atomic E-state index is 13.3. The van der Waals surface area contributed by atoms with E-state index in [2.05, 4.69) is 5.32 Å². The lowest BCUT2D eigenvalue weighted by atomic mass is 10.1. The minimum absolute atomic E-state index is 0.0454. The number of benzene rings is 2. The van der Waals surface area contributed by atoms with E-state index in [1.54, 1.807) is 24.3 Å². The van der Waals surface area contributed by atoms with Crippen LogP contribution < -0.4 is 5.32 Å². The van der Waals surface area contributed by atoms with Crippen molar-refractivity contribution in [1.82, 2.24) is 0 Å². The third-order valence-corrected chi connectivity index (χ3v) is 2.98. The van der Waals surface area contributed by atoms with Crippen LogP contribution in [0.1, 0.15) is 12.5 Å². The van der Waals surface area contributed by atoms with Gasteiger partial charge in [0.15, 0.2) is 0 Å². The monoisotopic (exact) mass is 290 g/mol. The van der Waals surface area contributed by atoms with Crippen molar-refractivity contribution in [3.05, 3.63) is 64.0 Å². The number of rotatable bonds is 5. The number of aromatic hydroxyl groups is 1. The Kier molecular flexibility index (Phi) is 4.37. The lowest BCUT2D eigenvalue weighted by Gasteiger charge is -2.15. The minimum atomic E-state index is -0.650. The largest absolute Gasteiger partial charge is 0.508 e. The van der Waals surface area contributed by atoms with Crippen molar-refractivity contribution in [2.45, 2.75) is 19.4 Å². The number of anilines is 1. The molecule has 5 nitrogen and oxygen atoms in total. The van der Waals surface area contributed by atoms with E-state index >= 15 is 0 Å². The second kappa shape index (κ2) is 6.21. The van der Waals surface area contributed by atoms with E-state index in [1.165, 1.54) is 12.1 Å². The Labute approximate surface area is 121 Å². The highest BCUT2D eigenvalue weighted by molar-refractivity contribution is 5.52. The maximum atomic E-state index is 13.3. The van der Waals surface area contributed by atoms with E-state index < -0.39 is 10.7 Å². The van der Waals surface area contributed by atoms with Crippen LogP contribution in [0.2, 0.25) is 0 Å². The first-order chi connectivity index (χ1) is 9.94. The number of hydrogen-bond donors (Lipinski definition) is 2. The lowest BCUT2D eigenvalue weighted by molar-refractivity contribution is -0.385. The Morgan fingerprint density at radius 1 is 1.29 bits per heavy atom. The Bertz CT molecular complexity index is 644. The number of nitro benzene ring substituents is 1. The van der Waals surface area contributed by atoms with Crippen LogP contribution in [0.4, 0.5) is 15.8 Å². The van der Waals surface area contributed by atoms with Gasteiger partial charge in [0.1, 0.15) is 11.6 Å². The van der Waals surface area contributed by atoms with E-state index in [0.29, 0.717) is 12.1 Å². The molecule has 0 heterocycles. The lowest BCUT2D eigenvalue weighted by Crippen LogP contribution is -2.18. The third kappa shape index (κ3) is 4.17. The molecule has 0 aliphatic rings. The standard InChI is InChI=1S/C15H15FN2O3/c1-10(6-11-2-4-15(19)5-3-11)17-13-7-12(16)8-14(9-13)18(20)21/h2-5,7-10,17,19H,6H2,1H3. The molecule has 2 aromatic carbocycles. The Morgan fingerprint density at radius 2 is 1.95 bits per heavy atom. The summed E-state index contributed by atoms with van der Waals surface area (Å²) in [4.78, 5) is 10.1. The smallest absolute Gasteiger partial charge is 0.274 e. The predicted octanol–water partition coefficient (Wildman–Crippen LogP) is 3.48. The molecule has 21 heavy (non-hydrogen) atoms. The number of nitro groups is 1. The summed E-state index contributed by atoms with van der Waals surface area (Å²) in [6.07, 6.45) is 0.643. The average molecular weight is 290 g/mol. The summed E-state index contributed by atoms with van der Waals surface area (Å²) in [6, 6.07) is 10.1. The van der Waals surface area contributed by atoms with Crippen LogP contribution >= 0.6 is 0 Å². The Balaban J connectivity index is 2.07. The average Bonchev–Trinajstić information content (AvgIpc) is 2.40.